The molecule has 1 N–H and O–H groups in total. The second-order valence-electron chi connectivity index (χ2n) is 5.19. The van der Waals surface area contributed by atoms with Gasteiger partial charge in [0, 0.05) is 0 Å². The number of aromatic hydroxyl groups is 1. The minimum atomic E-state index is -0.246. The number of rotatable bonds is 1. The third-order valence-electron chi connectivity index (χ3n) is 3.52. The smallest absolute Gasteiger partial charge is 0.115 e. The van der Waals surface area contributed by atoms with Gasteiger partial charge in [-0.05, 0) is 48.2 Å². The average Bonchev–Trinajstić information content (AvgIpc) is 2.67. The zero-order chi connectivity index (χ0) is 12.8. The highest BCUT2D eigenvalue weighted by Crippen LogP contribution is 2.42. The van der Waals surface area contributed by atoms with Crippen molar-refractivity contribution in [2.24, 2.45) is 0 Å². The highest BCUT2D eigenvalue weighted by molar-refractivity contribution is 5.71. The van der Waals surface area contributed by atoms with Crippen molar-refractivity contribution >= 4 is 0 Å². The van der Waals surface area contributed by atoms with Gasteiger partial charge in [0.2, 0.25) is 0 Å². The summed E-state index contributed by atoms with van der Waals surface area (Å²) in [6.07, 6.45) is 0. The van der Waals surface area contributed by atoms with Crippen molar-refractivity contribution in [3.8, 4) is 16.9 Å². The Bertz CT molecular complexity index is 583. The number of ether oxygens (including phenoxy) is 1. The van der Waals surface area contributed by atoms with Gasteiger partial charge in [0.05, 0.1) is 12.2 Å². The van der Waals surface area contributed by atoms with E-state index in [0.29, 0.717) is 12.4 Å². The first kappa shape index (κ1) is 11.3. The SMILES string of the molecule is CC1(C)OCc2cccc(-c3ccc(O)cc3)c21. The summed E-state index contributed by atoms with van der Waals surface area (Å²) in [5, 5.41) is 9.37. The van der Waals surface area contributed by atoms with Crippen molar-refractivity contribution in [3.63, 3.8) is 0 Å². The molecule has 2 nitrogen and oxygen atoms in total. The first-order chi connectivity index (χ1) is 8.58. The lowest BCUT2D eigenvalue weighted by atomic mass is 9.88. The molecule has 2 aromatic rings. The van der Waals surface area contributed by atoms with Gasteiger partial charge in [-0.15, -0.1) is 0 Å². The summed E-state index contributed by atoms with van der Waals surface area (Å²) in [6.45, 7) is 4.87. The van der Waals surface area contributed by atoms with Crippen molar-refractivity contribution in [3.05, 3.63) is 53.6 Å². The van der Waals surface area contributed by atoms with E-state index in [1.807, 2.05) is 12.1 Å². The van der Waals surface area contributed by atoms with Gasteiger partial charge in [-0.1, -0.05) is 30.3 Å². The Kier molecular flexibility index (Phi) is 2.42. The molecule has 1 aliphatic rings. The zero-order valence-electron chi connectivity index (χ0n) is 10.6. The average molecular weight is 240 g/mol. The van der Waals surface area contributed by atoms with Crippen LogP contribution in [0.1, 0.15) is 25.0 Å². The molecule has 0 unspecified atom stereocenters. The summed E-state index contributed by atoms with van der Waals surface area (Å²) in [7, 11) is 0. The fourth-order valence-corrected chi connectivity index (χ4v) is 2.64. The van der Waals surface area contributed by atoms with E-state index in [4.69, 9.17) is 4.74 Å². The summed E-state index contributed by atoms with van der Waals surface area (Å²) in [5.41, 5.74) is 4.57. The quantitative estimate of drug-likeness (QED) is 0.821. The number of benzene rings is 2. The Morgan fingerprint density at radius 2 is 1.78 bits per heavy atom. The highest BCUT2D eigenvalue weighted by atomic mass is 16.5. The topological polar surface area (TPSA) is 29.5 Å². The Morgan fingerprint density at radius 3 is 2.50 bits per heavy atom. The van der Waals surface area contributed by atoms with E-state index in [0.717, 1.165) is 5.56 Å². The maximum absolute atomic E-state index is 9.37. The van der Waals surface area contributed by atoms with Crippen LogP contribution in [0.2, 0.25) is 0 Å². The van der Waals surface area contributed by atoms with Gasteiger partial charge in [0.15, 0.2) is 0 Å². The molecule has 0 fully saturated rings. The van der Waals surface area contributed by atoms with Gasteiger partial charge in [-0.3, -0.25) is 0 Å². The molecule has 18 heavy (non-hydrogen) atoms. The van der Waals surface area contributed by atoms with Gasteiger partial charge in [0.25, 0.3) is 0 Å². The molecule has 1 heterocycles. The van der Waals surface area contributed by atoms with Crippen LogP contribution in [0.25, 0.3) is 11.1 Å². The molecule has 3 rings (SSSR count). The summed E-state index contributed by atoms with van der Waals surface area (Å²) < 4.78 is 5.85. The number of phenolic OH excluding ortho intramolecular Hbond substituents is 1. The maximum atomic E-state index is 9.37. The predicted octanol–water partition coefficient (Wildman–Crippen LogP) is 3.82. The molecule has 0 aliphatic carbocycles. The molecule has 92 valence electrons. The third-order valence-corrected chi connectivity index (χ3v) is 3.52. The van der Waals surface area contributed by atoms with E-state index < -0.39 is 0 Å². The Morgan fingerprint density at radius 1 is 1.06 bits per heavy atom. The molecule has 2 aromatic carbocycles. The van der Waals surface area contributed by atoms with E-state index in [-0.39, 0.29) is 5.60 Å². The van der Waals surface area contributed by atoms with Gasteiger partial charge >= 0.3 is 0 Å². The molecule has 2 heteroatoms. The molecule has 0 amide bonds. The van der Waals surface area contributed by atoms with Crippen LogP contribution in [-0.2, 0) is 16.9 Å². The van der Waals surface area contributed by atoms with Crippen molar-refractivity contribution < 1.29 is 9.84 Å². The summed E-state index contributed by atoms with van der Waals surface area (Å²) in [4.78, 5) is 0. The van der Waals surface area contributed by atoms with Crippen molar-refractivity contribution in [1.82, 2.24) is 0 Å². The Hall–Kier alpha value is -1.80. The van der Waals surface area contributed by atoms with Crippen molar-refractivity contribution in [1.29, 1.82) is 0 Å². The van der Waals surface area contributed by atoms with Crippen molar-refractivity contribution in [2.45, 2.75) is 26.1 Å². The Labute approximate surface area is 107 Å². The second kappa shape index (κ2) is 3.85. The minimum Gasteiger partial charge on any atom is -0.508 e. The first-order valence-electron chi connectivity index (χ1n) is 6.14. The number of fused-ring (bicyclic) bond motifs is 1. The molecule has 0 aromatic heterocycles. The van der Waals surface area contributed by atoms with Crippen LogP contribution in [-0.4, -0.2) is 5.11 Å². The van der Waals surface area contributed by atoms with E-state index in [1.54, 1.807) is 12.1 Å². The summed E-state index contributed by atoms with van der Waals surface area (Å²) in [6, 6.07) is 13.6. The molecule has 0 spiro atoms. The molecule has 1 aliphatic heterocycles. The van der Waals surface area contributed by atoms with Gasteiger partial charge < -0.3 is 9.84 Å². The fraction of sp³-hybridized carbons (Fsp3) is 0.250. The molecule has 0 saturated heterocycles. The molecular formula is C16H16O2. The first-order valence-corrected chi connectivity index (χ1v) is 6.14. The third kappa shape index (κ3) is 1.70. The lowest BCUT2D eigenvalue weighted by molar-refractivity contribution is -0.00760. The maximum Gasteiger partial charge on any atom is 0.115 e. The fourth-order valence-electron chi connectivity index (χ4n) is 2.64. The zero-order valence-corrected chi connectivity index (χ0v) is 10.6. The summed E-state index contributed by atoms with van der Waals surface area (Å²) >= 11 is 0. The van der Waals surface area contributed by atoms with E-state index in [1.165, 1.54) is 16.7 Å². The van der Waals surface area contributed by atoms with Gasteiger partial charge in [0.1, 0.15) is 5.75 Å². The van der Waals surface area contributed by atoms with E-state index in [2.05, 4.69) is 32.0 Å². The minimum absolute atomic E-state index is 0.246. The lowest BCUT2D eigenvalue weighted by Gasteiger charge is -2.21. The lowest BCUT2D eigenvalue weighted by Crippen LogP contribution is -2.15. The number of hydrogen-bond acceptors (Lipinski definition) is 2. The Balaban J connectivity index is 2.20. The van der Waals surface area contributed by atoms with Crippen LogP contribution in [0.5, 0.6) is 5.75 Å². The molecule has 0 bridgehead atoms. The van der Waals surface area contributed by atoms with Gasteiger partial charge in [-0.25, -0.2) is 0 Å². The standard InChI is InChI=1S/C16H16O2/c1-16(2)15-12(10-18-16)4-3-5-14(15)11-6-8-13(17)9-7-11/h3-9,17H,10H2,1-2H3. The normalized spacial score (nSPS) is 16.6. The molecule has 0 saturated carbocycles. The highest BCUT2D eigenvalue weighted by Gasteiger charge is 2.33. The van der Waals surface area contributed by atoms with Crippen LogP contribution in [0.4, 0.5) is 0 Å². The van der Waals surface area contributed by atoms with Crippen LogP contribution >= 0.6 is 0 Å². The van der Waals surface area contributed by atoms with Crippen LogP contribution in [0.3, 0.4) is 0 Å². The molecular weight excluding hydrogens is 224 g/mol. The summed E-state index contributed by atoms with van der Waals surface area (Å²) in [5.74, 6) is 0.293. The largest absolute Gasteiger partial charge is 0.508 e. The second-order valence-corrected chi connectivity index (χ2v) is 5.19. The van der Waals surface area contributed by atoms with Crippen LogP contribution in [0, 0.1) is 0 Å². The molecule has 0 radical (unpaired) electrons. The van der Waals surface area contributed by atoms with Crippen molar-refractivity contribution in [2.75, 3.05) is 0 Å². The number of phenols is 1. The number of hydrogen-bond donors (Lipinski definition) is 1. The monoisotopic (exact) mass is 240 g/mol. The van der Waals surface area contributed by atoms with Crippen LogP contribution in [0.15, 0.2) is 42.5 Å². The predicted molar refractivity (Wildman–Crippen MR) is 71.4 cm³/mol. The molecule has 0 atom stereocenters. The van der Waals surface area contributed by atoms with E-state index in [9.17, 15) is 5.11 Å². The van der Waals surface area contributed by atoms with E-state index >= 15 is 0 Å². The van der Waals surface area contributed by atoms with Gasteiger partial charge in [-0.2, -0.15) is 0 Å². The van der Waals surface area contributed by atoms with Crippen LogP contribution < -0.4 is 0 Å².